The topological polar surface area (TPSA) is 26.0 Å². The zero-order valence-electron chi connectivity index (χ0n) is 6.80. The van der Waals surface area contributed by atoms with E-state index in [9.17, 15) is 4.39 Å². The van der Waals surface area contributed by atoms with Crippen molar-refractivity contribution in [3.05, 3.63) is 34.6 Å². The Morgan fingerprint density at radius 2 is 2.23 bits per heavy atom. The number of rotatable bonds is 2. The fraction of sp³-hybridized carbons (Fsp3) is 0.111. The Kier molecular flexibility index (Phi) is 3.63. The molecule has 0 aliphatic rings. The Bertz CT molecular complexity index is 339. The molecule has 2 N–H and O–H groups in total. The number of nitrogen functional groups attached to an aromatic ring is 1. The molecule has 1 rings (SSSR count). The number of hydrogen-bond donors (Lipinski definition) is 2. The lowest BCUT2D eigenvalue weighted by Gasteiger charge is -2.02. The van der Waals surface area contributed by atoms with Crippen LogP contribution in [0.3, 0.4) is 0 Å². The average molecular weight is 218 g/mol. The van der Waals surface area contributed by atoms with Gasteiger partial charge in [0.05, 0.1) is 10.7 Å². The lowest BCUT2D eigenvalue weighted by molar-refractivity contribution is 0.632. The molecule has 0 aromatic heterocycles. The third-order valence-corrected chi connectivity index (χ3v) is 2.14. The molecule has 0 bridgehead atoms. The van der Waals surface area contributed by atoms with Gasteiger partial charge in [0.2, 0.25) is 0 Å². The van der Waals surface area contributed by atoms with Crippen molar-refractivity contribution in [3.63, 3.8) is 0 Å². The second-order valence-electron chi connectivity index (χ2n) is 2.46. The molecule has 0 atom stereocenters. The Morgan fingerprint density at radius 1 is 1.54 bits per heavy atom. The van der Waals surface area contributed by atoms with E-state index in [0.717, 1.165) is 0 Å². The second-order valence-corrected chi connectivity index (χ2v) is 3.20. The summed E-state index contributed by atoms with van der Waals surface area (Å²) >= 11 is 9.69. The minimum Gasteiger partial charge on any atom is -0.396 e. The molecule has 0 radical (unpaired) electrons. The van der Waals surface area contributed by atoms with Gasteiger partial charge in [0.15, 0.2) is 5.82 Å². The molecule has 0 heterocycles. The van der Waals surface area contributed by atoms with Crippen LogP contribution in [-0.2, 0) is 0 Å². The largest absolute Gasteiger partial charge is 0.396 e. The fourth-order valence-electron chi connectivity index (χ4n) is 0.888. The van der Waals surface area contributed by atoms with Crippen LogP contribution in [0.4, 0.5) is 10.1 Å². The summed E-state index contributed by atoms with van der Waals surface area (Å²) in [5.74, 6) is 0.0190. The molecular weight excluding hydrogens is 209 g/mol. The molecule has 0 saturated heterocycles. The normalized spacial score (nSPS) is 11.0. The third-order valence-electron chi connectivity index (χ3n) is 1.54. The first kappa shape index (κ1) is 10.4. The maximum Gasteiger partial charge on any atom is 0.165 e. The van der Waals surface area contributed by atoms with Crippen LogP contribution < -0.4 is 5.73 Å². The highest BCUT2D eigenvalue weighted by Gasteiger charge is 2.06. The van der Waals surface area contributed by atoms with Crippen molar-refractivity contribution in [1.29, 1.82) is 0 Å². The van der Waals surface area contributed by atoms with Crippen molar-refractivity contribution in [2.75, 3.05) is 11.5 Å². The van der Waals surface area contributed by atoms with Crippen LogP contribution in [0.5, 0.6) is 0 Å². The number of nitrogens with two attached hydrogens (primary N) is 1. The van der Waals surface area contributed by atoms with Crippen LogP contribution >= 0.6 is 24.2 Å². The van der Waals surface area contributed by atoms with Gasteiger partial charge in [-0.15, -0.1) is 0 Å². The molecule has 0 spiro atoms. The van der Waals surface area contributed by atoms with Gasteiger partial charge in [0.1, 0.15) is 0 Å². The number of thiol groups is 1. The summed E-state index contributed by atoms with van der Waals surface area (Å²) in [6, 6.07) is 3.15. The Labute approximate surface area is 86.8 Å². The van der Waals surface area contributed by atoms with Crippen LogP contribution in [0.2, 0.25) is 5.02 Å². The van der Waals surface area contributed by atoms with E-state index in [2.05, 4.69) is 12.6 Å². The molecule has 70 valence electrons. The van der Waals surface area contributed by atoms with Gasteiger partial charge < -0.3 is 5.73 Å². The summed E-state index contributed by atoms with van der Waals surface area (Å²) in [5.41, 5.74) is 6.00. The fourth-order valence-corrected chi connectivity index (χ4v) is 1.23. The van der Waals surface area contributed by atoms with E-state index in [-0.39, 0.29) is 10.7 Å². The van der Waals surface area contributed by atoms with E-state index in [1.54, 1.807) is 18.2 Å². The minimum absolute atomic E-state index is 0.0537. The second kappa shape index (κ2) is 4.53. The van der Waals surface area contributed by atoms with Gasteiger partial charge in [-0.1, -0.05) is 29.8 Å². The predicted molar refractivity (Wildman–Crippen MR) is 58.7 cm³/mol. The van der Waals surface area contributed by atoms with Crippen molar-refractivity contribution < 1.29 is 4.39 Å². The maximum atomic E-state index is 13.1. The maximum absolute atomic E-state index is 13.1. The van der Waals surface area contributed by atoms with Gasteiger partial charge in [-0.2, -0.15) is 12.6 Å². The van der Waals surface area contributed by atoms with Gasteiger partial charge >= 0.3 is 0 Å². The number of anilines is 1. The highest BCUT2D eigenvalue weighted by Crippen LogP contribution is 2.25. The Morgan fingerprint density at radius 3 is 2.85 bits per heavy atom. The number of halogens is 2. The van der Waals surface area contributed by atoms with Crippen molar-refractivity contribution in [1.82, 2.24) is 0 Å². The monoisotopic (exact) mass is 217 g/mol. The zero-order valence-corrected chi connectivity index (χ0v) is 8.45. The lowest BCUT2D eigenvalue weighted by Crippen LogP contribution is -1.92. The summed E-state index contributed by atoms with van der Waals surface area (Å²) < 4.78 is 13.1. The number of benzene rings is 1. The smallest absolute Gasteiger partial charge is 0.165 e. The molecule has 1 aromatic carbocycles. The summed E-state index contributed by atoms with van der Waals surface area (Å²) in [7, 11) is 0. The molecule has 13 heavy (non-hydrogen) atoms. The van der Waals surface area contributed by atoms with Crippen LogP contribution in [0.15, 0.2) is 18.2 Å². The number of hydrogen-bond acceptors (Lipinski definition) is 2. The van der Waals surface area contributed by atoms with Crippen LogP contribution in [0.1, 0.15) is 5.56 Å². The van der Waals surface area contributed by atoms with Gasteiger partial charge in [-0.05, 0) is 11.6 Å². The Hall–Kier alpha value is -0.670. The molecule has 0 saturated carbocycles. The SMILES string of the molecule is Nc1ccc(C=CCS)c(Cl)c1F. The lowest BCUT2D eigenvalue weighted by atomic mass is 10.2. The van der Waals surface area contributed by atoms with E-state index < -0.39 is 5.82 Å². The van der Waals surface area contributed by atoms with E-state index in [1.807, 2.05) is 0 Å². The summed E-state index contributed by atoms with van der Waals surface area (Å²) in [6.07, 6.45) is 3.48. The average Bonchev–Trinajstić information content (AvgIpc) is 2.13. The van der Waals surface area contributed by atoms with E-state index in [1.165, 1.54) is 6.07 Å². The molecule has 0 amide bonds. The van der Waals surface area contributed by atoms with Gasteiger partial charge in [-0.3, -0.25) is 0 Å². The first-order valence-electron chi connectivity index (χ1n) is 3.67. The predicted octanol–water partition coefficient (Wildman–Crippen LogP) is 3.00. The molecule has 1 nitrogen and oxygen atoms in total. The van der Waals surface area contributed by atoms with E-state index >= 15 is 0 Å². The molecule has 4 heteroatoms. The Balaban J connectivity index is 3.11. The first-order chi connectivity index (χ1) is 6.16. The molecular formula is C9H9ClFNS. The highest BCUT2D eigenvalue weighted by molar-refractivity contribution is 7.80. The standard InChI is InChI=1S/C9H9ClFNS/c10-8-6(2-1-5-13)3-4-7(12)9(8)11/h1-4,13H,5,12H2. The van der Waals surface area contributed by atoms with Gasteiger partial charge in [0, 0.05) is 5.75 Å². The van der Waals surface area contributed by atoms with Gasteiger partial charge in [0.25, 0.3) is 0 Å². The summed E-state index contributed by atoms with van der Waals surface area (Å²) in [6.45, 7) is 0. The zero-order chi connectivity index (χ0) is 9.84. The van der Waals surface area contributed by atoms with Gasteiger partial charge in [-0.25, -0.2) is 4.39 Å². The molecule has 0 aliphatic carbocycles. The van der Waals surface area contributed by atoms with Crippen molar-refractivity contribution >= 4 is 36.0 Å². The first-order valence-corrected chi connectivity index (χ1v) is 4.68. The van der Waals surface area contributed by atoms with E-state index in [0.29, 0.717) is 11.3 Å². The molecule has 0 unspecified atom stereocenters. The minimum atomic E-state index is -0.567. The van der Waals surface area contributed by atoms with Crippen LogP contribution in [0.25, 0.3) is 6.08 Å². The molecule has 1 aromatic rings. The summed E-state index contributed by atoms with van der Waals surface area (Å²) in [4.78, 5) is 0. The van der Waals surface area contributed by atoms with Crippen molar-refractivity contribution in [2.45, 2.75) is 0 Å². The quantitative estimate of drug-likeness (QED) is 0.578. The van der Waals surface area contributed by atoms with Crippen LogP contribution in [0, 0.1) is 5.82 Å². The third kappa shape index (κ3) is 2.39. The van der Waals surface area contributed by atoms with Crippen LogP contribution in [-0.4, -0.2) is 5.75 Å². The van der Waals surface area contributed by atoms with Crippen molar-refractivity contribution in [2.24, 2.45) is 0 Å². The molecule has 0 fully saturated rings. The summed E-state index contributed by atoms with van der Waals surface area (Å²) in [5, 5.41) is 0.0537. The van der Waals surface area contributed by atoms with E-state index in [4.69, 9.17) is 17.3 Å². The highest BCUT2D eigenvalue weighted by atomic mass is 35.5. The van der Waals surface area contributed by atoms with Crippen molar-refractivity contribution in [3.8, 4) is 0 Å². The molecule has 0 aliphatic heterocycles.